The van der Waals surface area contributed by atoms with Crippen molar-refractivity contribution in [2.75, 3.05) is 68.3 Å². The van der Waals surface area contributed by atoms with Gasteiger partial charge in [-0.15, -0.1) is 0 Å². The topological polar surface area (TPSA) is 156 Å². The number of carbonyl (C=O) groups excluding carboxylic acids is 3. The third kappa shape index (κ3) is 14.4. The fourth-order valence-electron chi connectivity index (χ4n) is 7.91. The van der Waals surface area contributed by atoms with Crippen molar-refractivity contribution < 1.29 is 28.6 Å². The largest absolute Gasteiger partial charge is 0.445 e. The molecule has 3 aliphatic rings. The molecular formula is C43H68N8O6. The van der Waals surface area contributed by atoms with E-state index < -0.39 is 11.2 Å². The molecule has 316 valence electrons. The van der Waals surface area contributed by atoms with Gasteiger partial charge < -0.3 is 44.9 Å². The number of nitrogens with one attached hydrogen (secondary N) is 1. The molecule has 2 heterocycles. The van der Waals surface area contributed by atoms with Gasteiger partial charge in [0.2, 0.25) is 5.95 Å². The average Bonchev–Trinajstić information content (AvgIpc) is 3.17. The van der Waals surface area contributed by atoms with Gasteiger partial charge in [-0.25, -0.2) is 14.4 Å². The number of anilines is 3. The second kappa shape index (κ2) is 20.3. The Kier molecular flexibility index (Phi) is 15.5. The number of amides is 3. The summed E-state index contributed by atoms with van der Waals surface area (Å²) in [6, 6.07) is 11.6. The van der Waals surface area contributed by atoms with Gasteiger partial charge in [0.15, 0.2) is 0 Å². The minimum absolute atomic E-state index is 0.177. The smallest absolute Gasteiger partial charge is 0.410 e. The highest BCUT2D eigenvalue weighted by Crippen LogP contribution is 2.31. The first-order chi connectivity index (χ1) is 27.1. The summed E-state index contributed by atoms with van der Waals surface area (Å²) >= 11 is 0. The molecule has 3 amide bonds. The Balaban J connectivity index is 1.08. The molecule has 57 heavy (non-hydrogen) atoms. The van der Waals surface area contributed by atoms with Crippen molar-refractivity contribution in [1.82, 2.24) is 24.7 Å². The van der Waals surface area contributed by atoms with Gasteiger partial charge >= 0.3 is 18.3 Å². The van der Waals surface area contributed by atoms with Gasteiger partial charge in [-0.05, 0) is 104 Å². The van der Waals surface area contributed by atoms with Crippen LogP contribution in [0.2, 0.25) is 0 Å². The van der Waals surface area contributed by atoms with E-state index in [2.05, 4.69) is 15.2 Å². The molecule has 2 aliphatic carbocycles. The molecule has 0 radical (unpaired) electrons. The Morgan fingerprint density at radius 2 is 1.44 bits per heavy atom. The molecule has 2 aromatic rings. The Bertz CT molecular complexity index is 1580. The van der Waals surface area contributed by atoms with Crippen LogP contribution in [0, 0.1) is 11.8 Å². The van der Waals surface area contributed by atoms with Gasteiger partial charge in [0, 0.05) is 64.5 Å². The van der Waals surface area contributed by atoms with Gasteiger partial charge in [0.1, 0.15) is 29.4 Å². The standard InChI is InChI=1S/C43H68N8O6/c1-42(2,3)56-40(53)50(22-13-23-51(35-16-11-8-12-17-35)41(54)57-43(4,5)6)30-33-20-18-32(19-21-33)29-45-37-28-36(44)46-38(47-37)48-24-26-49(27-25-48)39(52)55-31-34-14-9-7-10-15-34/h7,9-10,14-15,28,32-33,35H,8,11-13,16-27,29-31H2,1-6H3,(H3,44,45,46,47). The second-order valence-electron chi connectivity index (χ2n) is 18.0. The van der Waals surface area contributed by atoms with Crippen LogP contribution in [0.4, 0.5) is 32.0 Å². The number of ether oxygens (including phenoxy) is 3. The first kappa shape index (κ1) is 43.6. The summed E-state index contributed by atoms with van der Waals surface area (Å²) < 4.78 is 17.2. The number of rotatable bonds is 13. The van der Waals surface area contributed by atoms with Crippen molar-refractivity contribution in [2.45, 2.75) is 130 Å². The molecule has 3 fully saturated rings. The Morgan fingerprint density at radius 1 is 0.807 bits per heavy atom. The predicted molar refractivity (Wildman–Crippen MR) is 223 cm³/mol. The summed E-state index contributed by atoms with van der Waals surface area (Å²) in [5.74, 6) is 2.46. The zero-order valence-electron chi connectivity index (χ0n) is 35.3. The van der Waals surface area contributed by atoms with Gasteiger partial charge in [-0.3, -0.25) is 0 Å². The van der Waals surface area contributed by atoms with Crippen LogP contribution in [0.15, 0.2) is 36.4 Å². The molecule has 5 rings (SSSR count). The Morgan fingerprint density at radius 3 is 2.09 bits per heavy atom. The lowest BCUT2D eigenvalue weighted by Gasteiger charge is -2.37. The maximum absolute atomic E-state index is 13.5. The van der Waals surface area contributed by atoms with Crippen LogP contribution < -0.4 is 16.0 Å². The zero-order chi connectivity index (χ0) is 41.0. The fourth-order valence-corrected chi connectivity index (χ4v) is 7.91. The average molecular weight is 793 g/mol. The van der Waals surface area contributed by atoms with Crippen LogP contribution in [-0.4, -0.2) is 113 Å². The monoisotopic (exact) mass is 793 g/mol. The summed E-state index contributed by atoms with van der Waals surface area (Å²) in [7, 11) is 0. The first-order valence-corrected chi connectivity index (χ1v) is 21.2. The normalized spacial score (nSPS) is 19.4. The molecule has 0 atom stereocenters. The molecule has 14 nitrogen and oxygen atoms in total. The molecular weight excluding hydrogens is 725 g/mol. The molecule has 0 spiro atoms. The van der Waals surface area contributed by atoms with Gasteiger partial charge in [-0.1, -0.05) is 49.6 Å². The maximum atomic E-state index is 13.5. The lowest BCUT2D eigenvalue weighted by atomic mass is 9.81. The number of hydrogen-bond acceptors (Lipinski definition) is 11. The lowest BCUT2D eigenvalue weighted by molar-refractivity contribution is 0.00902. The van der Waals surface area contributed by atoms with Crippen molar-refractivity contribution in [1.29, 1.82) is 0 Å². The Labute approximate surface area is 340 Å². The molecule has 1 saturated heterocycles. The van der Waals surface area contributed by atoms with E-state index in [1.54, 1.807) is 11.0 Å². The first-order valence-electron chi connectivity index (χ1n) is 21.2. The van der Waals surface area contributed by atoms with Crippen molar-refractivity contribution in [3.63, 3.8) is 0 Å². The molecule has 1 aromatic heterocycles. The number of hydrogen-bond donors (Lipinski definition) is 2. The highest BCUT2D eigenvalue weighted by molar-refractivity contribution is 5.69. The number of carbonyl (C=O) groups is 3. The zero-order valence-corrected chi connectivity index (χ0v) is 35.3. The fraction of sp³-hybridized carbons (Fsp3) is 0.698. The number of nitrogen functional groups attached to an aromatic ring is 1. The minimum Gasteiger partial charge on any atom is -0.445 e. The molecule has 0 bridgehead atoms. The molecule has 2 saturated carbocycles. The van der Waals surface area contributed by atoms with Crippen molar-refractivity contribution in [3.8, 4) is 0 Å². The van der Waals surface area contributed by atoms with E-state index in [1.807, 2.05) is 81.7 Å². The van der Waals surface area contributed by atoms with Crippen molar-refractivity contribution in [3.05, 3.63) is 42.0 Å². The molecule has 14 heteroatoms. The predicted octanol–water partition coefficient (Wildman–Crippen LogP) is 7.93. The Hall–Kier alpha value is -4.49. The van der Waals surface area contributed by atoms with E-state index >= 15 is 0 Å². The molecule has 1 aliphatic heterocycles. The maximum Gasteiger partial charge on any atom is 0.410 e. The quantitative estimate of drug-likeness (QED) is 0.190. The summed E-state index contributed by atoms with van der Waals surface area (Å²) in [4.78, 5) is 56.3. The summed E-state index contributed by atoms with van der Waals surface area (Å²) in [6.45, 7) is 16.3. The van der Waals surface area contributed by atoms with Gasteiger partial charge in [0.05, 0.1) is 0 Å². The van der Waals surface area contributed by atoms with Crippen LogP contribution in [0.5, 0.6) is 0 Å². The van der Waals surface area contributed by atoms with E-state index in [0.717, 1.165) is 63.5 Å². The van der Waals surface area contributed by atoms with Crippen molar-refractivity contribution in [2.24, 2.45) is 11.8 Å². The molecule has 3 N–H and O–H groups in total. The number of nitrogens with zero attached hydrogens (tertiary/aromatic N) is 6. The SMILES string of the molecule is CC(C)(C)OC(=O)N(CCCN(C(=O)OC(C)(C)C)C1CCCCC1)CC1CCC(CNc2cc(N)nc(N3CCN(C(=O)OCc4ccccc4)CC3)n2)CC1. The van der Waals surface area contributed by atoms with E-state index in [4.69, 9.17) is 24.9 Å². The number of piperazine rings is 1. The van der Waals surface area contributed by atoms with E-state index in [9.17, 15) is 14.4 Å². The summed E-state index contributed by atoms with van der Waals surface area (Å²) in [6.07, 6.45) is 9.29. The van der Waals surface area contributed by atoms with Crippen LogP contribution in [0.3, 0.4) is 0 Å². The van der Waals surface area contributed by atoms with E-state index in [1.165, 1.54) is 6.42 Å². The van der Waals surface area contributed by atoms with Crippen molar-refractivity contribution >= 4 is 35.9 Å². The molecule has 1 aromatic carbocycles. The third-order valence-corrected chi connectivity index (χ3v) is 10.9. The minimum atomic E-state index is -0.599. The second-order valence-corrected chi connectivity index (χ2v) is 18.0. The number of aromatic nitrogens is 2. The summed E-state index contributed by atoms with van der Waals surface area (Å²) in [5.41, 5.74) is 6.02. The van der Waals surface area contributed by atoms with Crippen LogP contribution >= 0.6 is 0 Å². The van der Waals surface area contributed by atoms with E-state index in [0.29, 0.717) is 81.7 Å². The van der Waals surface area contributed by atoms with Crippen LogP contribution in [0.25, 0.3) is 0 Å². The van der Waals surface area contributed by atoms with E-state index in [-0.39, 0.29) is 30.9 Å². The molecule has 0 unspecified atom stereocenters. The lowest BCUT2D eigenvalue weighted by Crippen LogP contribution is -2.49. The highest BCUT2D eigenvalue weighted by atomic mass is 16.6. The van der Waals surface area contributed by atoms with Gasteiger partial charge in [0.25, 0.3) is 0 Å². The number of nitrogens with two attached hydrogens (primary N) is 1. The number of benzene rings is 1. The van der Waals surface area contributed by atoms with Crippen LogP contribution in [-0.2, 0) is 20.8 Å². The highest BCUT2D eigenvalue weighted by Gasteiger charge is 2.32. The summed E-state index contributed by atoms with van der Waals surface area (Å²) in [5, 5.41) is 3.51. The van der Waals surface area contributed by atoms with Crippen LogP contribution in [0.1, 0.15) is 111 Å². The van der Waals surface area contributed by atoms with Gasteiger partial charge in [-0.2, -0.15) is 9.97 Å². The third-order valence-electron chi connectivity index (χ3n) is 10.9.